The molecule has 132 valence electrons. The van der Waals surface area contributed by atoms with E-state index in [1.54, 1.807) is 37.3 Å². The average molecular weight is 413 g/mol. The summed E-state index contributed by atoms with van der Waals surface area (Å²) in [4.78, 5) is 25.3. The Morgan fingerprint density at radius 2 is 1.96 bits per heavy atom. The summed E-state index contributed by atoms with van der Waals surface area (Å²) in [6.07, 6.45) is 1.70. The zero-order valence-corrected chi connectivity index (χ0v) is 16.0. The molecule has 26 heavy (non-hydrogen) atoms. The molecule has 2 aromatic carbocycles. The van der Waals surface area contributed by atoms with E-state index in [-0.39, 0.29) is 0 Å². The van der Waals surface area contributed by atoms with Crippen molar-refractivity contribution >= 4 is 39.5 Å². The fourth-order valence-corrected chi connectivity index (χ4v) is 2.98. The molecular weight excluding hydrogens is 396 g/mol. The van der Waals surface area contributed by atoms with Gasteiger partial charge in [-0.15, -0.1) is 0 Å². The van der Waals surface area contributed by atoms with Crippen LogP contribution >= 0.6 is 15.9 Å². The summed E-state index contributed by atoms with van der Waals surface area (Å²) in [5.41, 5.74) is 2.01. The predicted octanol–water partition coefficient (Wildman–Crippen LogP) is 4.29. The van der Waals surface area contributed by atoms with E-state index in [9.17, 15) is 9.59 Å². The van der Waals surface area contributed by atoms with E-state index in [0.29, 0.717) is 29.2 Å². The molecule has 0 radical (unpaired) electrons. The van der Waals surface area contributed by atoms with E-state index >= 15 is 0 Å². The first-order chi connectivity index (χ1) is 12.5. The number of halogens is 1. The molecule has 0 atom stereocenters. The second kappa shape index (κ2) is 7.66. The van der Waals surface area contributed by atoms with Crippen LogP contribution in [0.25, 0.3) is 6.08 Å². The maximum atomic E-state index is 12.8. The third-order valence-corrected chi connectivity index (χ3v) is 4.34. The standard InChI is InChI=1S/C20H17BrN2O3/c1-3-26-18-10-9-16(21)11-15(18)12-17-13(2)22-23(20(17)25)19(24)14-7-5-4-6-8-14/h4-12H,3H2,1-2H3/b17-12+. The Balaban J connectivity index is 1.95. The molecule has 1 aliphatic heterocycles. The number of benzene rings is 2. The third-order valence-electron chi connectivity index (χ3n) is 3.85. The summed E-state index contributed by atoms with van der Waals surface area (Å²) in [6, 6.07) is 14.2. The van der Waals surface area contributed by atoms with Crippen LogP contribution in [0.3, 0.4) is 0 Å². The van der Waals surface area contributed by atoms with E-state index in [4.69, 9.17) is 4.74 Å². The molecule has 1 aliphatic rings. The van der Waals surface area contributed by atoms with Crippen molar-refractivity contribution in [1.29, 1.82) is 0 Å². The summed E-state index contributed by atoms with van der Waals surface area (Å²) in [6.45, 7) is 4.12. The van der Waals surface area contributed by atoms with Crippen LogP contribution in [0.15, 0.2) is 63.7 Å². The molecule has 5 nitrogen and oxygen atoms in total. The highest BCUT2D eigenvalue weighted by Crippen LogP contribution is 2.28. The zero-order valence-electron chi connectivity index (χ0n) is 14.4. The van der Waals surface area contributed by atoms with Crippen LogP contribution in [0, 0.1) is 0 Å². The predicted molar refractivity (Wildman–Crippen MR) is 104 cm³/mol. The molecule has 0 bridgehead atoms. The SMILES string of the molecule is CCOc1ccc(Br)cc1/C=C1/C(=O)N(C(=O)c2ccccc2)N=C1C. The normalized spacial score (nSPS) is 15.3. The number of hydrogen-bond donors (Lipinski definition) is 0. The van der Waals surface area contributed by atoms with Crippen molar-refractivity contribution in [3.8, 4) is 5.75 Å². The van der Waals surface area contributed by atoms with E-state index < -0.39 is 11.8 Å². The Bertz CT molecular complexity index is 920. The lowest BCUT2D eigenvalue weighted by molar-refractivity contribution is -0.123. The summed E-state index contributed by atoms with van der Waals surface area (Å²) in [5.74, 6) is -0.229. The van der Waals surface area contributed by atoms with Gasteiger partial charge in [0.05, 0.1) is 17.9 Å². The number of rotatable bonds is 4. The van der Waals surface area contributed by atoms with E-state index in [1.807, 2.05) is 31.2 Å². The van der Waals surface area contributed by atoms with Gasteiger partial charge in [-0.1, -0.05) is 34.1 Å². The second-order valence-corrected chi connectivity index (χ2v) is 6.56. The lowest BCUT2D eigenvalue weighted by Crippen LogP contribution is -2.29. The highest BCUT2D eigenvalue weighted by Gasteiger charge is 2.33. The Hall–Kier alpha value is -2.73. The Morgan fingerprint density at radius 1 is 1.23 bits per heavy atom. The molecule has 2 aromatic rings. The van der Waals surface area contributed by atoms with Crippen molar-refractivity contribution in [1.82, 2.24) is 5.01 Å². The summed E-state index contributed by atoms with van der Waals surface area (Å²) in [5, 5.41) is 5.06. The van der Waals surface area contributed by atoms with Crippen LogP contribution in [0.5, 0.6) is 5.75 Å². The monoisotopic (exact) mass is 412 g/mol. The molecule has 0 aromatic heterocycles. The largest absolute Gasteiger partial charge is 0.493 e. The van der Waals surface area contributed by atoms with E-state index in [1.165, 1.54) is 0 Å². The van der Waals surface area contributed by atoms with Gasteiger partial charge in [0.2, 0.25) is 0 Å². The molecule has 1 heterocycles. The Labute approximate surface area is 160 Å². The quantitative estimate of drug-likeness (QED) is 0.555. The van der Waals surface area contributed by atoms with Crippen molar-refractivity contribution in [2.24, 2.45) is 5.10 Å². The number of amides is 2. The molecule has 0 N–H and O–H groups in total. The first kappa shape index (κ1) is 18.1. The van der Waals surface area contributed by atoms with Crippen molar-refractivity contribution in [3.05, 3.63) is 69.7 Å². The molecular formula is C20H17BrN2O3. The van der Waals surface area contributed by atoms with Crippen LogP contribution in [0.1, 0.15) is 29.8 Å². The molecule has 0 spiro atoms. The van der Waals surface area contributed by atoms with Crippen LogP contribution < -0.4 is 4.74 Å². The highest BCUT2D eigenvalue weighted by atomic mass is 79.9. The van der Waals surface area contributed by atoms with Crippen molar-refractivity contribution in [2.75, 3.05) is 6.61 Å². The van der Waals surface area contributed by atoms with Crippen LogP contribution in [0.4, 0.5) is 0 Å². The maximum absolute atomic E-state index is 12.8. The Kier molecular flexibility index (Phi) is 5.32. The average Bonchev–Trinajstić information content (AvgIpc) is 2.92. The Morgan fingerprint density at radius 3 is 2.65 bits per heavy atom. The summed E-state index contributed by atoms with van der Waals surface area (Å²) < 4.78 is 6.49. The minimum Gasteiger partial charge on any atom is -0.493 e. The van der Waals surface area contributed by atoms with Gasteiger partial charge in [0.25, 0.3) is 11.8 Å². The van der Waals surface area contributed by atoms with Crippen molar-refractivity contribution in [3.63, 3.8) is 0 Å². The smallest absolute Gasteiger partial charge is 0.283 e. The van der Waals surface area contributed by atoms with Gasteiger partial charge in [0.15, 0.2) is 0 Å². The zero-order chi connectivity index (χ0) is 18.7. The fraction of sp³-hybridized carbons (Fsp3) is 0.150. The van der Waals surface area contributed by atoms with Crippen LogP contribution in [-0.2, 0) is 4.79 Å². The maximum Gasteiger partial charge on any atom is 0.283 e. The van der Waals surface area contributed by atoms with Gasteiger partial charge in [-0.25, -0.2) is 0 Å². The first-order valence-electron chi connectivity index (χ1n) is 8.14. The first-order valence-corrected chi connectivity index (χ1v) is 8.94. The number of nitrogens with zero attached hydrogens (tertiary/aromatic N) is 2. The lowest BCUT2D eigenvalue weighted by atomic mass is 10.1. The molecule has 0 fully saturated rings. The van der Waals surface area contributed by atoms with Gasteiger partial charge in [-0.2, -0.15) is 10.1 Å². The minimum absolute atomic E-state index is 0.369. The number of hydrogen-bond acceptors (Lipinski definition) is 4. The fourth-order valence-electron chi connectivity index (χ4n) is 2.60. The van der Waals surface area contributed by atoms with Crippen molar-refractivity contribution in [2.45, 2.75) is 13.8 Å². The van der Waals surface area contributed by atoms with E-state index in [2.05, 4.69) is 21.0 Å². The lowest BCUT2D eigenvalue weighted by Gasteiger charge is -2.10. The van der Waals surface area contributed by atoms with Crippen molar-refractivity contribution < 1.29 is 14.3 Å². The van der Waals surface area contributed by atoms with Gasteiger partial charge in [-0.3, -0.25) is 9.59 Å². The molecule has 0 saturated heterocycles. The summed E-state index contributed by atoms with van der Waals surface area (Å²) >= 11 is 3.43. The highest BCUT2D eigenvalue weighted by molar-refractivity contribution is 9.10. The topological polar surface area (TPSA) is 59.0 Å². The molecule has 3 rings (SSSR count). The second-order valence-electron chi connectivity index (χ2n) is 5.65. The van der Waals surface area contributed by atoms with Gasteiger partial charge in [0.1, 0.15) is 5.75 Å². The van der Waals surface area contributed by atoms with E-state index in [0.717, 1.165) is 15.0 Å². The van der Waals surface area contributed by atoms with Gasteiger partial charge < -0.3 is 4.74 Å². The number of carbonyl (C=O) groups is 2. The van der Waals surface area contributed by atoms with Gasteiger partial charge in [-0.05, 0) is 50.3 Å². The number of ether oxygens (including phenoxy) is 1. The number of carbonyl (C=O) groups excluding carboxylic acids is 2. The summed E-state index contributed by atoms with van der Waals surface area (Å²) in [7, 11) is 0. The third kappa shape index (κ3) is 3.60. The molecule has 0 saturated carbocycles. The molecule has 2 amide bonds. The molecule has 0 unspecified atom stereocenters. The minimum atomic E-state index is -0.447. The van der Waals surface area contributed by atoms with Gasteiger partial charge >= 0.3 is 0 Å². The number of imide groups is 1. The molecule has 0 aliphatic carbocycles. The van der Waals surface area contributed by atoms with Crippen LogP contribution in [0.2, 0.25) is 0 Å². The van der Waals surface area contributed by atoms with Gasteiger partial charge in [0, 0.05) is 15.6 Å². The van der Waals surface area contributed by atoms with Crippen LogP contribution in [-0.4, -0.2) is 29.1 Å². The molecule has 6 heteroatoms. The number of hydrazone groups is 1.